The molecular formula is C30H40O7. The predicted octanol–water partition coefficient (Wildman–Crippen LogP) is 5.74. The van der Waals surface area contributed by atoms with Gasteiger partial charge in [-0.25, -0.2) is 4.79 Å². The summed E-state index contributed by atoms with van der Waals surface area (Å²) in [6, 6.07) is 13.5. The second kappa shape index (κ2) is 15.4. The Kier molecular flexibility index (Phi) is 11.9. The summed E-state index contributed by atoms with van der Waals surface area (Å²) in [5.74, 6) is 1.21. The fourth-order valence-electron chi connectivity index (χ4n) is 4.46. The quantitative estimate of drug-likeness (QED) is 0.164. The third-order valence-electron chi connectivity index (χ3n) is 6.59. The van der Waals surface area contributed by atoms with Crippen molar-refractivity contribution in [3.05, 3.63) is 71.3 Å². The fraction of sp³-hybridized carbons (Fsp3) is 0.500. The van der Waals surface area contributed by atoms with Crippen LogP contribution in [0.2, 0.25) is 0 Å². The van der Waals surface area contributed by atoms with Crippen molar-refractivity contribution in [2.75, 3.05) is 34.7 Å². The highest BCUT2D eigenvalue weighted by atomic mass is 16.7. The number of cyclic esters (lactones) is 1. The smallest absolute Gasteiger partial charge is 0.342 e. The summed E-state index contributed by atoms with van der Waals surface area (Å²) in [5, 5.41) is 0. The second-order valence-electron chi connectivity index (χ2n) is 9.30. The zero-order valence-corrected chi connectivity index (χ0v) is 22.4. The SMILES string of the molecule is COCO[C@@H]1C[C@H](CCCOCc2ccc(OC)cc2)OC(=O)c2c(cccc2OC)C/C=C/C[C@@H]1C. The Balaban J connectivity index is 1.69. The summed E-state index contributed by atoms with van der Waals surface area (Å²) in [6.07, 6.45) is 7.28. The van der Waals surface area contributed by atoms with E-state index in [0.717, 1.165) is 29.7 Å². The van der Waals surface area contributed by atoms with Gasteiger partial charge < -0.3 is 28.4 Å². The van der Waals surface area contributed by atoms with E-state index < -0.39 is 0 Å². The molecule has 0 spiro atoms. The van der Waals surface area contributed by atoms with Gasteiger partial charge in [0.05, 0.1) is 26.9 Å². The minimum absolute atomic E-state index is 0.112. The Bertz CT molecular complexity index is 986. The number of hydrogen-bond donors (Lipinski definition) is 0. The molecule has 1 heterocycles. The van der Waals surface area contributed by atoms with Crippen LogP contribution < -0.4 is 9.47 Å². The fourth-order valence-corrected chi connectivity index (χ4v) is 4.46. The molecular weight excluding hydrogens is 472 g/mol. The van der Waals surface area contributed by atoms with Crippen LogP contribution in [0.15, 0.2) is 54.6 Å². The molecule has 0 bridgehead atoms. The van der Waals surface area contributed by atoms with Crippen LogP contribution in [0.3, 0.4) is 0 Å². The van der Waals surface area contributed by atoms with Crippen molar-refractivity contribution >= 4 is 5.97 Å². The van der Waals surface area contributed by atoms with Gasteiger partial charge in [-0.2, -0.15) is 0 Å². The maximum atomic E-state index is 13.4. The summed E-state index contributed by atoms with van der Waals surface area (Å²) in [5.41, 5.74) is 2.46. The maximum absolute atomic E-state index is 13.4. The number of esters is 1. The van der Waals surface area contributed by atoms with E-state index >= 15 is 0 Å². The molecule has 2 aromatic carbocycles. The van der Waals surface area contributed by atoms with Crippen LogP contribution >= 0.6 is 0 Å². The molecule has 0 fully saturated rings. The van der Waals surface area contributed by atoms with Gasteiger partial charge in [-0.05, 0) is 60.9 Å². The van der Waals surface area contributed by atoms with Crippen molar-refractivity contribution in [2.45, 2.75) is 57.8 Å². The first-order valence-electron chi connectivity index (χ1n) is 12.9. The Morgan fingerprint density at radius 3 is 2.54 bits per heavy atom. The molecule has 3 rings (SSSR count). The van der Waals surface area contributed by atoms with Gasteiger partial charge in [0.2, 0.25) is 0 Å². The van der Waals surface area contributed by atoms with Gasteiger partial charge >= 0.3 is 5.97 Å². The first-order chi connectivity index (χ1) is 18.0. The highest BCUT2D eigenvalue weighted by molar-refractivity contribution is 5.94. The lowest BCUT2D eigenvalue weighted by Gasteiger charge is -2.28. The third kappa shape index (κ3) is 8.88. The molecule has 0 aliphatic carbocycles. The van der Waals surface area contributed by atoms with Gasteiger partial charge in [0, 0.05) is 20.1 Å². The highest BCUT2D eigenvalue weighted by Gasteiger charge is 2.27. The predicted molar refractivity (Wildman–Crippen MR) is 142 cm³/mol. The largest absolute Gasteiger partial charge is 0.497 e. The topological polar surface area (TPSA) is 72.5 Å². The molecule has 0 N–H and O–H groups in total. The number of hydrogen-bond acceptors (Lipinski definition) is 7. The van der Waals surface area contributed by atoms with E-state index in [9.17, 15) is 4.79 Å². The molecule has 1 aliphatic heterocycles. The molecule has 0 saturated carbocycles. The third-order valence-corrected chi connectivity index (χ3v) is 6.59. The first kappa shape index (κ1) is 28.7. The van der Waals surface area contributed by atoms with Crippen LogP contribution in [0.5, 0.6) is 11.5 Å². The molecule has 37 heavy (non-hydrogen) atoms. The molecule has 0 radical (unpaired) electrons. The Labute approximate surface area is 220 Å². The zero-order chi connectivity index (χ0) is 26.5. The van der Waals surface area contributed by atoms with E-state index in [1.165, 1.54) is 0 Å². The lowest BCUT2D eigenvalue weighted by atomic mass is 9.93. The molecule has 1 aliphatic rings. The number of methoxy groups -OCH3 is 3. The van der Waals surface area contributed by atoms with Gasteiger partial charge in [0.25, 0.3) is 0 Å². The molecule has 7 nitrogen and oxygen atoms in total. The average Bonchev–Trinajstić information content (AvgIpc) is 2.92. The molecule has 3 atom stereocenters. The molecule has 0 amide bonds. The Morgan fingerprint density at radius 1 is 1.00 bits per heavy atom. The Morgan fingerprint density at radius 2 is 1.81 bits per heavy atom. The van der Waals surface area contributed by atoms with Crippen LogP contribution in [-0.4, -0.2) is 52.9 Å². The van der Waals surface area contributed by atoms with E-state index in [1.807, 2.05) is 36.4 Å². The second-order valence-corrected chi connectivity index (χ2v) is 9.30. The highest BCUT2D eigenvalue weighted by Crippen LogP contribution is 2.28. The number of ether oxygens (including phenoxy) is 6. The van der Waals surface area contributed by atoms with E-state index in [1.54, 1.807) is 27.4 Å². The van der Waals surface area contributed by atoms with Crippen LogP contribution in [0.25, 0.3) is 0 Å². The monoisotopic (exact) mass is 512 g/mol. The molecule has 202 valence electrons. The van der Waals surface area contributed by atoms with Gasteiger partial charge in [-0.15, -0.1) is 0 Å². The van der Waals surface area contributed by atoms with E-state index in [2.05, 4.69) is 19.1 Å². The molecule has 2 aromatic rings. The van der Waals surface area contributed by atoms with Crippen LogP contribution in [0, 0.1) is 5.92 Å². The average molecular weight is 513 g/mol. The number of benzene rings is 2. The normalized spacial score (nSPS) is 21.2. The zero-order valence-electron chi connectivity index (χ0n) is 22.4. The number of carbonyl (C=O) groups excluding carboxylic acids is 1. The van der Waals surface area contributed by atoms with Crippen LogP contribution in [0.4, 0.5) is 0 Å². The lowest BCUT2D eigenvalue weighted by molar-refractivity contribution is -0.103. The summed E-state index contributed by atoms with van der Waals surface area (Å²) < 4.78 is 33.9. The summed E-state index contributed by atoms with van der Waals surface area (Å²) >= 11 is 0. The van der Waals surface area contributed by atoms with Crippen molar-refractivity contribution in [2.24, 2.45) is 5.92 Å². The number of allylic oxidation sites excluding steroid dienone is 2. The van der Waals surface area contributed by atoms with E-state index in [-0.39, 0.29) is 30.9 Å². The van der Waals surface area contributed by atoms with Gasteiger partial charge in [0.1, 0.15) is 30.0 Å². The van der Waals surface area contributed by atoms with Gasteiger partial charge in [0.15, 0.2) is 0 Å². The van der Waals surface area contributed by atoms with Crippen LogP contribution in [0.1, 0.15) is 54.1 Å². The molecule has 0 aromatic heterocycles. The summed E-state index contributed by atoms with van der Waals surface area (Å²) in [6.45, 7) is 3.43. The van der Waals surface area contributed by atoms with Crippen LogP contribution in [-0.2, 0) is 32.0 Å². The van der Waals surface area contributed by atoms with Gasteiger partial charge in [-0.3, -0.25) is 0 Å². The van der Waals surface area contributed by atoms with Gasteiger partial charge in [-0.1, -0.05) is 43.3 Å². The maximum Gasteiger partial charge on any atom is 0.342 e. The number of rotatable bonds is 11. The van der Waals surface area contributed by atoms with E-state index in [0.29, 0.717) is 43.8 Å². The molecule has 0 unspecified atom stereocenters. The first-order valence-corrected chi connectivity index (χ1v) is 12.9. The minimum atomic E-state index is -0.372. The van der Waals surface area contributed by atoms with Crippen molar-refractivity contribution in [1.82, 2.24) is 0 Å². The molecule has 0 saturated heterocycles. The Hall–Kier alpha value is -2.87. The minimum Gasteiger partial charge on any atom is -0.497 e. The van der Waals surface area contributed by atoms with Crippen molar-refractivity contribution < 1.29 is 33.2 Å². The van der Waals surface area contributed by atoms with Crippen molar-refractivity contribution in [3.63, 3.8) is 0 Å². The molecule has 7 heteroatoms. The number of carbonyl (C=O) groups is 1. The van der Waals surface area contributed by atoms with Crippen molar-refractivity contribution in [1.29, 1.82) is 0 Å². The summed E-state index contributed by atoms with van der Waals surface area (Å²) in [7, 11) is 4.83. The lowest BCUT2D eigenvalue weighted by Crippen LogP contribution is -2.31. The van der Waals surface area contributed by atoms with E-state index in [4.69, 9.17) is 28.4 Å². The summed E-state index contributed by atoms with van der Waals surface area (Å²) in [4.78, 5) is 13.4. The van der Waals surface area contributed by atoms with Crippen molar-refractivity contribution in [3.8, 4) is 11.5 Å². The number of fused-ring (bicyclic) bond motifs is 1. The standard InChI is InChI=1S/C30H40O7/c1-22-9-5-6-10-24-11-7-13-27(34-4)29(24)30(31)37-26(19-28(22)36-21-32-2)12-8-18-35-20-23-14-16-25(33-3)17-15-23/h5-7,11,13-17,22,26,28H,8-10,12,18-21H2,1-4H3/b6-5+/t22-,26-,28+/m0/s1.